The number of aromatic nitrogens is 4. The molecule has 6 nitrogen and oxygen atoms in total. The number of fused-ring (bicyclic) bond motifs is 1. The van der Waals surface area contributed by atoms with Gasteiger partial charge in [-0.25, -0.2) is 9.97 Å². The Morgan fingerprint density at radius 1 is 1.44 bits per heavy atom. The summed E-state index contributed by atoms with van der Waals surface area (Å²) in [5, 5.41) is 20.3. The predicted octanol–water partition coefficient (Wildman–Crippen LogP) is 0.782. The minimum atomic E-state index is -0.392. The zero-order chi connectivity index (χ0) is 11.5. The summed E-state index contributed by atoms with van der Waals surface area (Å²) >= 11 is 0. The van der Waals surface area contributed by atoms with Crippen LogP contribution < -0.4 is 5.32 Å². The second-order valence-corrected chi connectivity index (χ2v) is 4.05. The monoisotopic (exact) mass is 221 g/mol. The first-order valence-electron chi connectivity index (χ1n) is 5.24. The molecule has 0 amide bonds. The molecular weight excluding hydrogens is 206 g/mol. The summed E-state index contributed by atoms with van der Waals surface area (Å²) in [7, 11) is 0. The minimum absolute atomic E-state index is 0.217. The van der Waals surface area contributed by atoms with Crippen molar-refractivity contribution in [3.05, 3.63) is 12.5 Å². The van der Waals surface area contributed by atoms with Crippen LogP contribution in [-0.2, 0) is 0 Å². The number of rotatable bonds is 4. The van der Waals surface area contributed by atoms with E-state index in [9.17, 15) is 5.11 Å². The number of hydrogen-bond acceptors (Lipinski definition) is 5. The summed E-state index contributed by atoms with van der Waals surface area (Å²) < 4.78 is 0. The Kier molecular flexibility index (Phi) is 3.00. The van der Waals surface area contributed by atoms with E-state index >= 15 is 0 Å². The lowest BCUT2D eigenvalue weighted by atomic mass is 10.1. The van der Waals surface area contributed by atoms with Crippen molar-refractivity contribution in [1.82, 2.24) is 20.2 Å². The fraction of sp³-hybridized carbons (Fsp3) is 0.500. The van der Waals surface area contributed by atoms with E-state index in [0.717, 1.165) is 5.39 Å². The highest BCUT2D eigenvalue weighted by Crippen LogP contribution is 2.16. The number of H-pyrrole nitrogens is 1. The number of nitrogens with one attached hydrogen (secondary N) is 2. The molecule has 16 heavy (non-hydrogen) atoms. The minimum Gasteiger partial charge on any atom is -0.391 e. The van der Waals surface area contributed by atoms with Gasteiger partial charge in [0.25, 0.3) is 0 Å². The van der Waals surface area contributed by atoms with Crippen LogP contribution in [0.15, 0.2) is 12.5 Å². The van der Waals surface area contributed by atoms with E-state index in [1.54, 1.807) is 6.20 Å². The molecule has 2 aromatic rings. The number of aromatic amines is 1. The van der Waals surface area contributed by atoms with Crippen molar-refractivity contribution in [1.29, 1.82) is 0 Å². The molecule has 0 aromatic carbocycles. The number of aliphatic hydroxyl groups excluding tert-OH is 1. The fourth-order valence-corrected chi connectivity index (χ4v) is 1.34. The molecule has 2 aromatic heterocycles. The molecule has 2 heterocycles. The van der Waals surface area contributed by atoms with Crippen LogP contribution in [0, 0.1) is 5.92 Å². The average molecular weight is 221 g/mol. The van der Waals surface area contributed by atoms with Crippen molar-refractivity contribution in [2.75, 3.05) is 11.9 Å². The van der Waals surface area contributed by atoms with Gasteiger partial charge >= 0.3 is 0 Å². The lowest BCUT2D eigenvalue weighted by Gasteiger charge is -2.15. The standard InChI is InChI=1S/C10H15N5O/c1-6(2)8(16)4-11-9-7-3-14-15-10(7)13-5-12-9/h3,5-6,8,16H,4H2,1-2H3,(H2,11,12,13,14,15). The second-order valence-electron chi connectivity index (χ2n) is 4.05. The Morgan fingerprint density at radius 2 is 2.25 bits per heavy atom. The zero-order valence-corrected chi connectivity index (χ0v) is 9.31. The van der Waals surface area contributed by atoms with Crippen LogP contribution in [0.1, 0.15) is 13.8 Å². The Bertz CT molecular complexity index is 467. The van der Waals surface area contributed by atoms with Gasteiger partial charge in [-0.2, -0.15) is 5.10 Å². The van der Waals surface area contributed by atoms with E-state index in [0.29, 0.717) is 18.0 Å². The molecule has 0 aliphatic carbocycles. The molecule has 0 aliphatic rings. The maximum Gasteiger partial charge on any atom is 0.160 e. The van der Waals surface area contributed by atoms with Crippen molar-refractivity contribution < 1.29 is 5.11 Å². The molecule has 0 radical (unpaired) electrons. The largest absolute Gasteiger partial charge is 0.391 e. The van der Waals surface area contributed by atoms with Crippen molar-refractivity contribution >= 4 is 16.9 Å². The second kappa shape index (κ2) is 4.44. The maximum absolute atomic E-state index is 9.68. The predicted molar refractivity (Wildman–Crippen MR) is 61.0 cm³/mol. The van der Waals surface area contributed by atoms with Crippen LogP contribution in [-0.4, -0.2) is 37.9 Å². The fourth-order valence-electron chi connectivity index (χ4n) is 1.34. The SMILES string of the molecule is CC(C)C(O)CNc1ncnc2[nH]ncc12. The van der Waals surface area contributed by atoms with Crippen LogP contribution in [0.2, 0.25) is 0 Å². The highest BCUT2D eigenvalue weighted by molar-refractivity contribution is 5.85. The maximum atomic E-state index is 9.68. The molecule has 0 spiro atoms. The van der Waals surface area contributed by atoms with E-state index in [-0.39, 0.29) is 5.92 Å². The van der Waals surface area contributed by atoms with Gasteiger partial charge in [-0.15, -0.1) is 0 Å². The van der Waals surface area contributed by atoms with Gasteiger partial charge in [0.05, 0.1) is 17.7 Å². The molecule has 1 unspecified atom stereocenters. The first kappa shape index (κ1) is 10.8. The number of nitrogens with zero attached hydrogens (tertiary/aromatic N) is 3. The van der Waals surface area contributed by atoms with Gasteiger partial charge in [0.15, 0.2) is 5.65 Å². The summed E-state index contributed by atoms with van der Waals surface area (Å²) in [4.78, 5) is 8.15. The summed E-state index contributed by atoms with van der Waals surface area (Å²) in [6, 6.07) is 0. The Hall–Kier alpha value is -1.69. The van der Waals surface area contributed by atoms with Crippen molar-refractivity contribution in [3.63, 3.8) is 0 Å². The third kappa shape index (κ3) is 2.11. The molecule has 0 aliphatic heterocycles. The molecular formula is C10H15N5O. The zero-order valence-electron chi connectivity index (χ0n) is 9.31. The van der Waals surface area contributed by atoms with Gasteiger partial charge in [-0.3, -0.25) is 5.10 Å². The van der Waals surface area contributed by atoms with E-state index in [1.807, 2.05) is 13.8 Å². The molecule has 0 saturated carbocycles. The molecule has 2 rings (SSSR count). The smallest absolute Gasteiger partial charge is 0.160 e. The van der Waals surface area contributed by atoms with Crippen LogP contribution in [0.3, 0.4) is 0 Å². The van der Waals surface area contributed by atoms with Gasteiger partial charge in [-0.1, -0.05) is 13.8 Å². The van der Waals surface area contributed by atoms with Crippen LogP contribution >= 0.6 is 0 Å². The molecule has 0 fully saturated rings. The van der Waals surface area contributed by atoms with Crippen LogP contribution in [0.5, 0.6) is 0 Å². The van der Waals surface area contributed by atoms with Crippen LogP contribution in [0.25, 0.3) is 11.0 Å². The van der Waals surface area contributed by atoms with E-state index < -0.39 is 6.10 Å². The number of anilines is 1. The molecule has 0 saturated heterocycles. The van der Waals surface area contributed by atoms with Gasteiger partial charge in [0.1, 0.15) is 12.1 Å². The summed E-state index contributed by atoms with van der Waals surface area (Å²) in [5.41, 5.74) is 0.691. The normalized spacial score (nSPS) is 13.2. The average Bonchev–Trinajstić information content (AvgIpc) is 2.73. The molecule has 3 N–H and O–H groups in total. The molecule has 1 atom stereocenters. The first-order valence-corrected chi connectivity index (χ1v) is 5.24. The van der Waals surface area contributed by atoms with Crippen LogP contribution in [0.4, 0.5) is 5.82 Å². The quantitative estimate of drug-likeness (QED) is 0.710. The van der Waals surface area contributed by atoms with Gasteiger partial charge in [-0.05, 0) is 5.92 Å². The van der Waals surface area contributed by atoms with Gasteiger partial charge in [0, 0.05) is 6.54 Å². The van der Waals surface area contributed by atoms with Crippen molar-refractivity contribution in [2.45, 2.75) is 20.0 Å². The number of aliphatic hydroxyl groups is 1. The highest BCUT2D eigenvalue weighted by Gasteiger charge is 2.10. The van der Waals surface area contributed by atoms with Crippen molar-refractivity contribution in [2.24, 2.45) is 5.92 Å². The highest BCUT2D eigenvalue weighted by atomic mass is 16.3. The lowest BCUT2D eigenvalue weighted by Crippen LogP contribution is -2.25. The van der Waals surface area contributed by atoms with E-state index in [4.69, 9.17) is 0 Å². The molecule has 86 valence electrons. The van der Waals surface area contributed by atoms with E-state index in [1.165, 1.54) is 6.33 Å². The Balaban J connectivity index is 2.12. The number of hydrogen-bond donors (Lipinski definition) is 3. The summed E-state index contributed by atoms with van der Waals surface area (Å²) in [6.45, 7) is 4.41. The topological polar surface area (TPSA) is 86.7 Å². The lowest BCUT2D eigenvalue weighted by molar-refractivity contribution is 0.138. The molecule has 0 bridgehead atoms. The summed E-state index contributed by atoms with van der Waals surface area (Å²) in [5.74, 6) is 0.910. The Morgan fingerprint density at radius 3 is 3.00 bits per heavy atom. The third-order valence-corrected chi connectivity index (χ3v) is 2.50. The Labute approximate surface area is 93.1 Å². The summed E-state index contributed by atoms with van der Waals surface area (Å²) in [6.07, 6.45) is 2.74. The van der Waals surface area contributed by atoms with Gasteiger partial charge < -0.3 is 10.4 Å². The van der Waals surface area contributed by atoms with Gasteiger partial charge in [0.2, 0.25) is 0 Å². The third-order valence-electron chi connectivity index (χ3n) is 2.50. The first-order chi connectivity index (χ1) is 7.68. The van der Waals surface area contributed by atoms with E-state index in [2.05, 4.69) is 25.5 Å². The van der Waals surface area contributed by atoms with Crippen molar-refractivity contribution in [3.8, 4) is 0 Å². The molecule has 6 heteroatoms.